The summed E-state index contributed by atoms with van der Waals surface area (Å²) in [5.41, 5.74) is 5.75. The molecule has 0 radical (unpaired) electrons. The van der Waals surface area contributed by atoms with Crippen LogP contribution in [-0.2, 0) is 4.84 Å². The van der Waals surface area contributed by atoms with Crippen molar-refractivity contribution in [3.05, 3.63) is 90.0 Å². The maximum absolute atomic E-state index is 5.81. The van der Waals surface area contributed by atoms with Gasteiger partial charge in [-0.05, 0) is 47.6 Å². The third-order valence-corrected chi connectivity index (χ3v) is 5.73. The quantitative estimate of drug-likeness (QED) is 0.229. The van der Waals surface area contributed by atoms with E-state index in [9.17, 15) is 0 Å². The monoisotopic (exact) mass is 399 g/mol. The van der Waals surface area contributed by atoms with Gasteiger partial charge in [-0.1, -0.05) is 97.2 Å². The Morgan fingerprint density at radius 3 is 2.23 bits per heavy atom. The maximum Gasteiger partial charge on any atom is 0.151 e. The second-order valence-corrected chi connectivity index (χ2v) is 7.93. The lowest BCUT2D eigenvalue weighted by molar-refractivity contribution is 0.106. The van der Waals surface area contributed by atoms with Gasteiger partial charge in [0.1, 0.15) is 12.4 Å². The van der Waals surface area contributed by atoms with Crippen LogP contribution in [0.2, 0.25) is 0 Å². The fourth-order valence-corrected chi connectivity index (χ4v) is 3.69. The first-order valence-corrected chi connectivity index (χ1v) is 10.8. The summed E-state index contributed by atoms with van der Waals surface area (Å²) in [6.45, 7) is 2.97. The zero-order valence-electron chi connectivity index (χ0n) is 17.6. The predicted molar refractivity (Wildman–Crippen MR) is 123 cm³/mol. The van der Waals surface area contributed by atoms with E-state index in [0.29, 0.717) is 13.2 Å². The van der Waals surface area contributed by atoms with Crippen LogP contribution >= 0.6 is 0 Å². The molecule has 0 unspecified atom stereocenters. The SMILES string of the molecule is Cc1ccccc1OCCO/N=C(\CC1CCC1)c1ccc(-c2ccccc2)cc1. The average molecular weight is 400 g/mol. The fraction of sp³-hybridized carbons (Fsp3) is 0.296. The molecule has 0 heterocycles. The minimum Gasteiger partial charge on any atom is -0.490 e. The molecule has 0 aromatic heterocycles. The van der Waals surface area contributed by atoms with Crippen LogP contribution in [0, 0.1) is 12.8 Å². The summed E-state index contributed by atoms with van der Waals surface area (Å²) >= 11 is 0. The second-order valence-electron chi connectivity index (χ2n) is 7.93. The van der Waals surface area contributed by atoms with E-state index in [-0.39, 0.29) is 0 Å². The van der Waals surface area contributed by atoms with Crippen LogP contribution in [0.5, 0.6) is 5.75 Å². The number of rotatable bonds is 9. The van der Waals surface area contributed by atoms with Gasteiger partial charge in [-0.25, -0.2) is 0 Å². The van der Waals surface area contributed by atoms with Gasteiger partial charge in [0, 0.05) is 0 Å². The molecular weight excluding hydrogens is 370 g/mol. The van der Waals surface area contributed by atoms with E-state index in [1.54, 1.807) is 0 Å². The summed E-state index contributed by atoms with van der Waals surface area (Å²) in [4.78, 5) is 5.66. The molecular formula is C27H29NO2. The van der Waals surface area contributed by atoms with E-state index >= 15 is 0 Å². The number of ether oxygens (including phenoxy) is 1. The van der Waals surface area contributed by atoms with Crippen molar-refractivity contribution in [1.82, 2.24) is 0 Å². The molecule has 1 fully saturated rings. The summed E-state index contributed by atoms with van der Waals surface area (Å²) in [5, 5.41) is 4.51. The van der Waals surface area contributed by atoms with Gasteiger partial charge < -0.3 is 9.57 Å². The summed E-state index contributed by atoms with van der Waals surface area (Å²) in [6, 6.07) is 27.1. The highest BCUT2D eigenvalue weighted by Gasteiger charge is 2.21. The molecule has 4 rings (SSSR count). The van der Waals surface area contributed by atoms with Gasteiger partial charge in [0.05, 0.1) is 5.71 Å². The molecule has 0 bridgehead atoms. The van der Waals surface area contributed by atoms with Crippen molar-refractivity contribution < 1.29 is 9.57 Å². The molecule has 3 aromatic rings. The van der Waals surface area contributed by atoms with E-state index in [0.717, 1.165) is 34.9 Å². The molecule has 30 heavy (non-hydrogen) atoms. The molecule has 0 amide bonds. The van der Waals surface area contributed by atoms with Crippen molar-refractivity contribution in [3.63, 3.8) is 0 Å². The van der Waals surface area contributed by atoms with Gasteiger partial charge in [-0.15, -0.1) is 0 Å². The molecule has 1 aliphatic carbocycles. The van der Waals surface area contributed by atoms with Gasteiger partial charge >= 0.3 is 0 Å². The standard InChI is InChI=1S/C27H29NO2/c1-21-8-5-6-13-27(21)29-18-19-30-28-26(20-22-9-7-10-22)25-16-14-24(15-17-25)23-11-3-2-4-12-23/h2-6,8,11-17,22H,7,9-10,18-20H2,1H3/b28-26+. The summed E-state index contributed by atoms with van der Waals surface area (Å²) in [7, 11) is 0. The van der Waals surface area contributed by atoms with Gasteiger partial charge in [-0.2, -0.15) is 0 Å². The Morgan fingerprint density at radius 2 is 1.53 bits per heavy atom. The van der Waals surface area contributed by atoms with Crippen LogP contribution < -0.4 is 4.74 Å². The normalized spacial score (nSPS) is 14.2. The van der Waals surface area contributed by atoms with Crippen LogP contribution in [0.25, 0.3) is 11.1 Å². The maximum atomic E-state index is 5.81. The molecule has 1 aliphatic rings. The molecule has 1 saturated carbocycles. The largest absolute Gasteiger partial charge is 0.490 e. The van der Waals surface area contributed by atoms with E-state index in [4.69, 9.17) is 9.57 Å². The average Bonchev–Trinajstić information content (AvgIpc) is 2.76. The van der Waals surface area contributed by atoms with E-state index in [1.165, 1.54) is 30.4 Å². The van der Waals surface area contributed by atoms with Crippen molar-refractivity contribution >= 4 is 5.71 Å². The first-order valence-electron chi connectivity index (χ1n) is 10.8. The second kappa shape index (κ2) is 10.1. The number of hydrogen-bond acceptors (Lipinski definition) is 3. The van der Waals surface area contributed by atoms with Gasteiger partial charge in [0.25, 0.3) is 0 Å². The number of para-hydroxylation sites is 1. The number of hydrogen-bond donors (Lipinski definition) is 0. The van der Waals surface area contributed by atoms with Crippen molar-refractivity contribution in [2.45, 2.75) is 32.6 Å². The number of oxime groups is 1. The number of benzene rings is 3. The Bertz CT molecular complexity index is 960. The van der Waals surface area contributed by atoms with Gasteiger partial charge in [0.2, 0.25) is 0 Å². The number of nitrogens with zero attached hydrogens (tertiary/aromatic N) is 1. The smallest absolute Gasteiger partial charge is 0.151 e. The molecule has 0 aliphatic heterocycles. The van der Waals surface area contributed by atoms with Crippen molar-refractivity contribution in [2.75, 3.05) is 13.2 Å². The Hall–Kier alpha value is -3.07. The third kappa shape index (κ3) is 5.29. The zero-order chi connectivity index (χ0) is 20.6. The van der Waals surface area contributed by atoms with E-state index in [1.807, 2.05) is 37.3 Å². The highest BCUT2D eigenvalue weighted by molar-refractivity contribution is 6.00. The summed E-state index contributed by atoms with van der Waals surface area (Å²) in [5.74, 6) is 1.63. The lowest BCUT2D eigenvalue weighted by Gasteiger charge is -2.25. The van der Waals surface area contributed by atoms with Crippen molar-refractivity contribution in [3.8, 4) is 16.9 Å². The Kier molecular flexibility index (Phi) is 6.81. The van der Waals surface area contributed by atoms with Crippen molar-refractivity contribution in [2.24, 2.45) is 11.1 Å². The zero-order valence-corrected chi connectivity index (χ0v) is 17.6. The van der Waals surface area contributed by atoms with Crippen LogP contribution in [0.1, 0.15) is 36.8 Å². The highest BCUT2D eigenvalue weighted by atomic mass is 16.6. The lowest BCUT2D eigenvalue weighted by atomic mass is 9.80. The van der Waals surface area contributed by atoms with E-state index < -0.39 is 0 Å². The van der Waals surface area contributed by atoms with Crippen LogP contribution in [-0.4, -0.2) is 18.9 Å². The molecule has 0 spiro atoms. The molecule has 3 heteroatoms. The Balaban J connectivity index is 1.39. The molecule has 0 saturated heterocycles. The first-order chi connectivity index (χ1) is 14.8. The predicted octanol–water partition coefficient (Wildman–Crippen LogP) is 6.65. The number of aryl methyl sites for hydroxylation is 1. The fourth-order valence-electron chi connectivity index (χ4n) is 3.69. The van der Waals surface area contributed by atoms with Gasteiger partial charge in [-0.3, -0.25) is 0 Å². The molecule has 154 valence electrons. The molecule has 0 atom stereocenters. The molecule has 0 N–H and O–H groups in total. The summed E-state index contributed by atoms with van der Waals surface area (Å²) in [6.07, 6.45) is 4.88. The Labute approximate surface area is 179 Å². The van der Waals surface area contributed by atoms with Crippen LogP contribution in [0.3, 0.4) is 0 Å². The Morgan fingerprint density at radius 1 is 0.833 bits per heavy atom. The van der Waals surface area contributed by atoms with Crippen molar-refractivity contribution in [1.29, 1.82) is 0 Å². The highest BCUT2D eigenvalue weighted by Crippen LogP contribution is 2.31. The van der Waals surface area contributed by atoms with Gasteiger partial charge in [0.15, 0.2) is 6.61 Å². The summed E-state index contributed by atoms with van der Waals surface area (Å²) < 4.78 is 5.81. The van der Waals surface area contributed by atoms with E-state index in [2.05, 4.69) is 53.7 Å². The topological polar surface area (TPSA) is 30.8 Å². The molecule has 3 nitrogen and oxygen atoms in total. The molecule has 3 aromatic carbocycles. The first kappa shape index (κ1) is 20.2. The minimum absolute atomic E-state index is 0.435. The third-order valence-electron chi connectivity index (χ3n) is 5.73. The minimum atomic E-state index is 0.435. The van der Waals surface area contributed by atoms with Crippen LogP contribution in [0.15, 0.2) is 84.0 Å². The lowest BCUT2D eigenvalue weighted by Crippen LogP contribution is -2.17. The van der Waals surface area contributed by atoms with Crippen LogP contribution in [0.4, 0.5) is 0 Å².